The fourth-order valence-electron chi connectivity index (χ4n) is 2.97. The van der Waals surface area contributed by atoms with Gasteiger partial charge in [-0.05, 0) is 24.3 Å². The van der Waals surface area contributed by atoms with Gasteiger partial charge in [-0.1, -0.05) is 0 Å². The summed E-state index contributed by atoms with van der Waals surface area (Å²) in [5.74, 6) is -0.184. The van der Waals surface area contributed by atoms with Crippen molar-refractivity contribution in [1.82, 2.24) is 29.9 Å². The fourth-order valence-corrected chi connectivity index (χ4v) is 4.44. The predicted octanol–water partition coefficient (Wildman–Crippen LogP) is 1.77. The molecule has 0 aromatic carbocycles. The van der Waals surface area contributed by atoms with Crippen molar-refractivity contribution in [3.8, 4) is 22.8 Å². The molecule has 140 valence electrons. The van der Waals surface area contributed by atoms with Gasteiger partial charge in [0.25, 0.3) is 0 Å². The average molecular weight is 402 g/mol. The lowest BCUT2D eigenvalue weighted by Gasteiger charge is -2.17. The van der Waals surface area contributed by atoms with Crippen LogP contribution in [0.2, 0.25) is 0 Å². The van der Waals surface area contributed by atoms with Gasteiger partial charge in [0.15, 0.2) is 21.7 Å². The van der Waals surface area contributed by atoms with E-state index in [0.29, 0.717) is 11.1 Å². The lowest BCUT2D eigenvalue weighted by atomic mass is 10.1. The molecule has 5 rings (SSSR count). The highest BCUT2D eigenvalue weighted by Gasteiger charge is 2.39. The summed E-state index contributed by atoms with van der Waals surface area (Å²) in [6.45, 7) is 0. The molecule has 4 aromatic heterocycles. The summed E-state index contributed by atoms with van der Waals surface area (Å²) < 4.78 is 26.5. The van der Waals surface area contributed by atoms with E-state index in [1.165, 1.54) is 12.4 Å². The van der Waals surface area contributed by atoms with Gasteiger partial charge >= 0.3 is 0 Å². The molecule has 0 N–H and O–H groups in total. The number of aromatic nitrogens is 6. The third-order valence-electron chi connectivity index (χ3n) is 4.38. The van der Waals surface area contributed by atoms with Crippen LogP contribution in [0.4, 0.5) is 0 Å². The van der Waals surface area contributed by atoms with Crippen LogP contribution >= 0.6 is 0 Å². The van der Waals surface area contributed by atoms with Crippen LogP contribution in [0.1, 0.15) is 15.9 Å². The lowest BCUT2D eigenvalue weighted by Crippen LogP contribution is -2.24. The number of hydrogen-bond donors (Lipinski definition) is 0. The summed E-state index contributed by atoms with van der Waals surface area (Å²) in [7, 11) is -4.15. The summed E-state index contributed by atoms with van der Waals surface area (Å²) in [6, 6.07) is 6.60. The number of fused-ring (bicyclic) bond motifs is 2. The average Bonchev–Trinajstić information content (AvgIpc) is 2.78. The molecule has 1 aliphatic heterocycles. The number of nitrogens with zero attached hydrogens (tertiary/aromatic N) is 6. The first-order chi connectivity index (χ1) is 14.1. The van der Waals surface area contributed by atoms with Gasteiger partial charge in [-0.25, -0.2) is 28.4 Å². The Bertz CT molecular complexity index is 1280. The van der Waals surface area contributed by atoms with Crippen LogP contribution in [0.25, 0.3) is 22.8 Å². The molecule has 0 atom stereocenters. The van der Waals surface area contributed by atoms with Gasteiger partial charge in [0.05, 0.1) is 11.1 Å². The molecule has 0 saturated heterocycles. The van der Waals surface area contributed by atoms with Crippen LogP contribution in [0, 0.1) is 0 Å². The Labute approximate surface area is 164 Å². The number of carbonyl (C=O) groups excluding carboxylic acids is 1. The third-order valence-corrected chi connectivity index (χ3v) is 6.02. The molecule has 29 heavy (non-hydrogen) atoms. The van der Waals surface area contributed by atoms with Crippen molar-refractivity contribution in [2.45, 2.75) is 10.1 Å². The van der Waals surface area contributed by atoms with Crippen molar-refractivity contribution in [3.05, 3.63) is 72.6 Å². The van der Waals surface area contributed by atoms with Crippen molar-refractivity contribution < 1.29 is 13.2 Å². The van der Waals surface area contributed by atoms with Gasteiger partial charge in [-0.15, -0.1) is 0 Å². The Morgan fingerprint density at radius 3 is 1.48 bits per heavy atom. The van der Waals surface area contributed by atoms with Crippen molar-refractivity contribution in [3.63, 3.8) is 0 Å². The largest absolute Gasteiger partial charge is 0.288 e. The van der Waals surface area contributed by atoms with Gasteiger partial charge in [-0.3, -0.25) is 14.8 Å². The van der Waals surface area contributed by atoms with Gasteiger partial charge in [0.2, 0.25) is 15.6 Å². The van der Waals surface area contributed by atoms with E-state index in [1.807, 2.05) is 0 Å². The first-order valence-corrected chi connectivity index (χ1v) is 9.89. The summed E-state index contributed by atoms with van der Waals surface area (Å²) in [5.41, 5.74) is 0.957. The highest BCUT2D eigenvalue weighted by Crippen LogP contribution is 2.33. The maximum Gasteiger partial charge on any atom is 0.242 e. The Balaban J connectivity index is 1.71. The molecule has 9 nitrogen and oxygen atoms in total. The standard InChI is InChI=1S/C19H10N6O3S/c26-15-13-9-22-16(11-1-5-20-6-2-11)24-18(13)29(27,28)19-14(15)10-23-17(25-19)12-3-7-21-8-4-12/h1-10H. The van der Waals surface area contributed by atoms with Crippen LogP contribution in [0.15, 0.2) is 71.5 Å². The number of sulfone groups is 1. The smallest absolute Gasteiger partial charge is 0.242 e. The topological polar surface area (TPSA) is 129 Å². The zero-order chi connectivity index (χ0) is 20.0. The Hall–Kier alpha value is -3.92. The number of hydrogen-bond acceptors (Lipinski definition) is 9. The van der Waals surface area contributed by atoms with Crippen molar-refractivity contribution in [1.29, 1.82) is 0 Å². The number of ketones is 1. The molecule has 0 unspecified atom stereocenters. The molecular formula is C19H10N6O3S. The van der Waals surface area contributed by atoms with Crippen LogP contribution in [-0.2, 0) is 9.84 Å². The van der Waals surface area contributed by atoms with Gasteiger partial charge in [0.1, 0.15) is 0 Å². The van der Waals surface area contributed by atoms with E-state index in [-0.39, 0.29) is 32.8 Å². The molecule has 10 heteroatoms. The zero-order valence-corrected chi connectivity index (χ0v) is 15.4. The van der Waals surface area contributed by atoms with E-state index in [2.05, 4.69) is 29.9 Å². The first-order valence-electron chi connectivity index (χ1n) is 8.40. The molecule has 0 amide bonds. The number of pyridine rings is 2. The molecule has 0 saturated carbocycles. The lowest BCUT2D eigenvalue weighted by molar-refractivity contribution is 0.102. The molecular weight excluding hydrogens is 392 g/mol. The zero-order valence-electron chi connectivity index (χ0n) is 14.6. The van der Waals surface area contributed by atoms with Gasteiger partial charge in [0, 0.05) is 48.3 Å². The van der Waals surface area contributed by atoms with Crippen molar-refractivity contribution >= 4 is 15.6 Å². The summed E-state index contributed by atoms with van der Waals surface area (Å²) in [4.78, 5) is 37.3. The second-order valence-electron chi connectivity index (χ2n) is 6.13. The summed E-state index contributed by atoms with van der Waals surface area (Å²) in [5, 5.41) is -0.729. The maximum absolute atomic E-state index is 13.3. The first kappa shape index (κ1) is 17.2. The number of carbonyl (C=O) groups is 1. The van der Waals surface area contributed by atoms with Crippen molar-refractivity contribution in [2.75, 3.05) is 0 Å². The molecule has 4 aromatic rings. The van der Waals surface area contributed by atoms with E-state index in [0.717, 1.165) is 0 Å². The fraction of sp³-hybridized carbons (Fsp3) is 0. The minimum Gasteiger partial charge on any atom is -0.288 e. The SMILES string of the molecule is O=C1c2cnc(-c3ccncc3)nc2S(=O)(=O)c2nc(-c3ccncc3)ncc21. The maximum atomic E-state index is 13.3. The van der Waals surface area contributed by atoms with Gasteiger partial charge < -0.3 is 0 Å². The quantitative estimate of drug-likeness (QED) is 0.406. The highest BCUT2D eigenvalue weighted by molar-refractivity contribution is 7.91. The molecule has 1 aliphatic rings. The molecule has 0 radical (unpaired) electrons. The van der Waals surface area contributed by atoms with Crippen molar-refractivity contribution in [2.24, 2.45) is 0 Å². The molecule has 0 spiro atoms. The van der Waals surface area contributed by atoms with E-state index in [9.17, 15) is 13.2 Å². The molecule has 0 aliphatic carbocycles. The van der Waals surface area contributed by atoms with E-state index < -0.39 is 15.6 Å². The van der Waals surface area contributed by atoms with E-state index in [1.54, 1.807) is 49.1 Å². The minimum absolute atomic E-state index is 0.101. The second kappa shape index (κ2) is 6.31. The molecule has 0 bridgehead atoms. The molecule has 5 heterocycles. The monoisotopic (exact) mass is 402 g/mol. The minimum atomic E-state index is -4.15. The molecule has 0 fully saturated rings. The van der Waals surface area contributed by atoms with Crippen LogP contribution in [0.5, 0.6) is 0 Å². The van der Waals surface area contributed by atoms with E-state index >= 15 is 0 Å². The predicted molar refractivity (Wildman–Crippen MR) is 99.4 cm³/mol. The third kappa shape index (κ3) is 2.69. The van der Waals surface area contributed by atoms with Crippen LogP contribution in [-0.4, -0.2) is 44.1 Å². The van der Waals surface area contributed by atoms with E-state index in [4.69, 9.17) is 0 Å². The second-order valence-corrected chi connectivity index (χ2v) is 7.91. The summed E-state index contributed by atoms with van der Waals surface area (Å²) in [6.07, 6.45) is 8.61. The summed E-state index contributed by atoms with van der Waals surface area (Å²) >= 11 is 0. The normalized spacial score (nSPS) is 14.1. The van der Waals surface area contributed by atoms with Crippen LogP contribution < -0.4 is 0 Å². The Kier molecular flexibility index (Phi) is 3.74. The highest BCUT2D eigenvalue weighted by atomic mass is 32.2. The van der Waals surface area contributed by atoms with Gasteiger partial charge in [-0.2, -0.15) is 0 Å². The van der Waals surface area contributed by atoms with Crippen LogP contribution in [0.3, 0.4) is 0 Å². The number of rotatable bonds is 2. The Morgan fingerprint density at radius 1 is 0.655 bits per heavy atom. The Morgan fingerprint density at radius 2 is 1.07 bits per heavy atom.